The summed E-state index contributed by atoms with van der Waals surface area (Å²) in [6, 6.07) is 19.6. The van der Waals surface area contributed by atoms with Gasteiger partial charge in [-0.05, 0) is 86.2 Å². The third kappa shape index (κ3) is 5.29. The molecule has 0 saturated carbocycles. The van der Waals surface area contributed by atoms with Crippen LogP contribution in [0.5, 0.6) is 0 Å². The Morgan fingerprint density at radius 1 is 1.02 bits per heavy atom. The van der Waals surface area contributed by atoms with E-state index in [4.69, 9.17) is 4.98 Å². The second-order valence-corrected chi connectivity index (χ2v) is 10.7. The molecule has 0 spiro atoms. The number of likely N-dealkylation sites (tertiary alicyclic amines) is 1. The van der Waals surface area contributed by atoms with Crippen molar-refractivity contribution in [3.63, 3.8) is 0 Å². The molecule has 1 atom stereocenters. The Morgan fingerprint density at radius 3 is 2.40 bits per heavy atom. The van der Waals surface area contributed by atoms with Crippen LogP contribution < -0.4 is 0 Å². The van der Waals surface area contributed by atoms with Gasteiger partial charge in [-0.15, -0.1) is 0 Å². The highest BCUT2D eigenvalue weighted by Gasteiger charge is 2.30. The van der Waals surface area contributed by atoms with E-state index in [1.807, 2.05) is 73.4 Å². The monoisotopic (exact) mass is 545 g/mol. The van der Waals surface area contributed by atoms with Crippen LogP contribution in [0.3, 0.4) is 0 Å². The topological polar surface area (TPSA) is 38.1 Å². The maximum absolute atomic E-state index is 14.6. The molecule has 3 aromatic carbocycles. The summed E-state index contributed by atoms with van der Waals surface area (Å²) >= 11 is 0. The SMILES string of the molecule is C/C=C(/c1cccc(C(C)(F)F)c1)c1ccc(C(=O)N2CCC(c3nc4ccccc4n3C(C)F)CC2)cc1C. The maximum Gasteiger partial charge on any atom is 0.270 e. The Kier molecular flexibility index (Phi) is 7.58. The minimum atomic E-state index is -2.93. The molecule has 0 radical (unpaired) electrons. The number of hydrogen-bond acceptors (Lipinski definition) is 2. The molecule has 0 bridgehead atoms. The number of halogens is 3. The molecule has 208 valence electrons. The Labute approximate surface area is 233 Å². The molecule has 4 aromatic rings. The minimum Gasteiger partial charge on any atom is -0.339 e. The van der Waals surface area contributed by atoms with Crippen LogP contribution in [0.15, 0.2) is 72.8 Å². The van der Waals surface area contributed by atoms with Crippen molar-refractivity contribution < 1.29 is 18.0 Å². The molecule has 1 aliphatic rings. The molecule has 4 nitrogen and oxygen atoms in total. The van der Waals surface area contributed by atoms with Crippen molar-refractivity contribution in [1.82, 2.24) is 14.5 Å². The first-order chi connectivity index (χ1) is 19.1. The van der Waals surface area contributed by atoms with Crippen molar-refractivity contribution in [3.8, 4) is 0 Å². The number of carbonyl (C=O) groups is 1. The van der Waals surface area contributed by atoms with Crippen molar-refractivity contribution in [1.29, 1.82) is 0 Å². The van der Waals surface area contributed by atoms with E-state index >= 15 is 0 Å². The summed E-state index contributed by atoms with van der Waals surface area (Å²) in [5.41, 5.74) is 5.47. The predicted octanol–water partition coefficient (Wildman–Crippen LogP) is 8.42. The zero-order valence-electron chi connectivity index (χ0n) is 23.3. The predicted molar refractivity (Wildman–Crippen MR) is 153 cm³/mol. The van der Waals surface area contributed by atoms with Crippen molar-refractivity contribution in [2.75, 3.05) is 13.1 Å². The van der Waals surface area contributed by atoms with Gasteiger partial charge in [0.05, 0.1) is 11.0 Å². The fraction of sp³-hybridized carbons (Fsp3) is 0.333. The van der Waals surface area contributed by atoms with Gasteiger partial charge >= 0.3 is 0 Å². The van der Waals surface area contributed by atoms with Crippen LogP contribution in [-0.2, 0) is 5.92 Å². The summed E-state index contributed by atoms with van der Waals surface area (Å²) in [7, 11) is 0. The van der Waals surface area contributed by atoms with E-state index in [0.29, 0.717) is 37.1 Å². The molecule has 0 N–H and O–H groups in total. The third-order valence-corrected chi connectivity index (χ3v) is 7.86. The van der Waals surface area contributed by atoms with Crippen LogP contribution in [0.25, 0.3) is 16.6 Å². The molecule has 7 heteroatoms. The molecule has 1 saturated heterocycles. The van der Waals surface area contributed by atoms with Gasteiger partial charge in [-0.3, -0.25) is 9.36 Å². The van der Waals surface area contributed by atoms with Gasteiger partial charge in [0.25, 0.3) is 11.8 Å². The summed E-state index contributed by atoms with van der Waals surface area (Å²) in [6.07, 6.45) is 2.14. The first kappa shape index (κ1) is 27.7. The zero-order valence-corrected chi connectivity index (χ0v) is 23.3. The smallest absolute Gasteiger partial charge is 0.270 e. The van der Waals surface area contributed by atoms with E-state index in [1.54, 1.807) is 10.6 Å². The van der Waals surface area contributed by atoms with Crippen LogP contribution in [0.1, 0.15) is 84.3 Å². The van der Waals surface area contributed by atoms with Gasteiger partial charge < -0.3 is 4.90 Å². The second-order valence-electron chi connectivity index (χ2n) is 10.7. The number of nitrogens with zero attached hydrogens (tertiary/aromatic N) is 3. The van der Waals surface area contributed by atoms with Gasteiger partial charge in [0.15, 0.2) is 6.30 Å². The largest absolute Gasteiger partial charge is 0.339 e. The highest BCUT2D eigenvalue weighted by molar-refractivity contribution is 5.95. The number of para-hydroxylation sites is 2. The maximum atomic E-state index is 14.6. The highest BCUT2D eigenvalue weighted by Crippen LogP contribution is 2.35. The van der Waals surface area contributed by atoms with E-state index in [2.05, 4.69) is 0 Å². The molecule has 0 aliphatic carbocycles. The van der Waals surface area contributed by atoms with Gasteiger partial charge in [-0.1, -0.05) is 42.5 Å². The average molecular weight is 546 g/mol. The van der Waals surface area contributed by atoms with Gasteiger partial charge in [0.1, 0.15) is 5.82 Å². The quantitative estimate of drug-likeness (QED) is 0.244. The number of hydrogen-bond donors (Lipinski definition) is 0. The van der Waals surface area contributed by atoms with Crippen LogP contribution in [0.4, 0.5) is 13.2 Å². The van der Waals surface area contributed by atoms with Crippen LogP contribution in [0, 0.1) is 6.92 Å². The summed E-state index contributed by atoms with van der Waals surface area (Å²) in [5.74, 6) is -2.16. The standard InChI is InChI=1S/C33H34F3N3O/c1-5-27(24-9-8-10-26(20-24)33(4,35)36)28-14-13-25(19-21(28)2)32(40)38-17-15-23(16-18-38)31-37-29-11-6-7-12-30(29)39(31)22(3)34/h5-14,19-20,22-23H,15-18H2,1-4H3/b27-5-. The highest BCUT2D eigenvalue weighted by atomic mass is 19.3. The van der Waals surface area contributed by atoms with Gasteiger partial charge in [0, 0.05) is 37.1 Å². The van der Waals surface area contributed by atoms with Crippen molar-refractivity contribution in [2.45, 2.75) is 58.7 Å². The number of rotatable bonds is 6. The number of imidazole rings is 1. The molecule has 1 amide bonds. The third-order valence-electron chi connectivity index (χ3n) is 7.86. The number of allylic oxidation sites excluding steroid dienone is 1. The molecular formula is C33H34F3N3O. The number of alkyl halides is 3. The number of aryl methyl sites for hydroxylation is 1. The first-order valence-corrected chi connectivity index (χ1v) is 13.7. The normalized spacial score (nSPS) is 16.0. The molecule has 2 heterocycles. The lowest BCUT2D eigenvalue weighted by Crippen LogP contribution is -2.38. The number of aromatic nitrogens is 2. The van der Waals surface area contributed by atoms with Crippen LogP contribution in [0.2, 0.25) is 0 Å². The van der Waals surface area contributed by atoms with Crippen LogP contribution >= 0.6 is 0 Å². The number of benzene rings is 3. The molecule has 1 unspecified atom stereocenters. The average Bonchev–Trinajstić information content (AvgIpc) is 3.34. The Morgan fingerprint density at radius 2 is 1.75 bits per heavy atom. The van der Waals surface area contributed by atoms with Crippen LogP contribution in [-0.4, -0.2) is 33.4 Å². The lowest BCUT2D eigenvalue weighted by Gasteiger charge is -2.32. The number of amides is 1. The Bertz CT molecular complexity index is 1570. The minimum absolute atomic E-state index is 0.0336. The molecule has 1 fully saturated rings. The van der Waals surface area contributed by atoms with E-state index in [1.165, 1.54) is 19.1 Å². The van der Waals surface area contributed by atoms with E-state index in [0.717, 1.165) is 40.5 Å². The van der Waals surface area contributed by atoms with Crippen molar-refractivity contribution >= 4 is 22.5 Å². The summed E-state index contributed by atoms with van der Waals surface area (Å²) < 4.78 is 44.2. The fourth-order valence-electron chi connectivity index (χ4n) is 5.78. The van der Waals surface area contributed by atoms with Crippen molar-refractivity contribution in [2.24, 2.45) is 0 Å². The lowest BCUT2D eigenvalue weighted by molar-refractivity contribution is 0.0174. The fourth-order valence-corrected chi connectivity index (χ4v) is 5.78. The summed E-state index contributed by atoms with van der Waals surface area (Å²) in [4.78, 5) is 20.0. The first-order valence-electron chi connectivity index (χ1n) is 13.7. The van der Waals surface area contributed by atoms with Crippen molar-refractivity contribution in [3.05, 3.63) is 106 Å². The molecular weight excluding hydrogens is 511 g/mol. The van der Waals surface area contributed by atoms with E-state index < -0.39 is 12.2 Å². The van der Waals surface area contributed by atoms with Gasteiger partial charge in [-0.25, -0.2) is 18.2 Å². The number of piperidine rings is 1. The van der Waals surface area contributed by atoms with E-state index in [-0.39, 0.29) is 17.4 Å². The Hall–Kier alpha value is -3.87. The zero-order chi connectivity index (χ0) is 28.6. The Balaban J connectivity index is 1.32. The molecule has 1 aliphatic heterocycles. The van der Waals surface area contributed by atoms with Gasteiger partial charge in [0.2, 0.25) is 0 Å². The summed E-state index contributed by atoms with van der Waals surface area (Å²) in [5, 5.41) is 0. The molecule has 1 aromatic heterocycles. The number of carbonyl (C=O) groups excluding carboxylic acids is 1. The van der Waals surface area contributed by atoms with E-state index in [9.17, 15) is 18.0 Å². The van der Waals surface area contributed by atoms with Gasteiger partial charge in [-0.2, -0.15) is 0 Å². The lowest BCUT2D eigenvalue weighted by atomic mass is 9.91. The molecule has 5 rings (SSSR count). The molecule has 40 heavy (non-hydrogen) atoms. The number of fused-ring (bicyclic) bond motifs is 1. The summed E-state index contributed by atoms with van der Waals surface area (Å²) in [6.45, 7) is 7.36. The second kappa shape index (κ2) is 11.0.